The van der Waals surface area contributed by atoms with Gasteiger partial charge in [-0.1, -0.05) is 37.3 Å². The first kappa shape index (κ1) is 14.1. The molecule has 3 heteroatoms. The lowest BCUT2D eigenvalue weighted by atomic mass is 9.98. The SMILES string of the molecule is C[C@H](CN1C[C@H]2C[C@@H](O)CN2C[C@H]1C)c1ccccc1. The van der Waals surface area contributed by atoms with E-state index in [9.17, 15) is 5.11 Å². The highest BCUT2D eigenvalue weighted by Gasteiger charge is 2.38. The summed E-state index contributed by atoms with van der Waals surface area (Å²) in [7, 11) is 0. The third-order valence-electron chi connectivity index (χ3n) is 4.95. The van der Waals surface area contributed by atoms with Gasteiger partial charge in [0, 0.05) is 38.3 Å². The second-order valence-corrected chi connectivity index (χ2v) is 6.61. The number of piperazine rings is 1. The fourth-order valence-electron chi connectivity index (χ4n) is 3.77. The molecule has 1 aromatic carbocycles. The van der Waals surface area contributed by atoms with Gasteiger partial charge in [0.1, 0.15) is 0 Å². The van der Waals surface area contributed by atoms with Gasteiger partial charge in [-0.2, -0.15) is 0 Å². The molecule has 2 aliphatic rings. The summed E-state index contributed by atoms with van der Waals surface area (Å²) in [5, 5.41) is 9.83. The normalized spacial score (nSPS) is 33.0. The average molecular weight is 274 g/mol. The Kier molecular flexibility index (Phi) is 4.11. The first-order valence-electron chi connectivity index (χ1n) is 7.84. The van der Waals surface area contributed by atoms with E-state index in [1.165, 1.54) is 5.56 Å². The molecule has 0 saturated carbocycles. The number of hydrogen-bond acceptors (Lipinski definition) is 3. The van der Waals surface area contributed by atoms with E-state index in [1.54, 1.807) is 0 Å². The molecule has 2 aliphatic heterocycles. The van der Waals surface area contributed by atoms with Crippen LogP contribution in [0.2, 0.25) is 0 Å². The van der Waals surface area contributed by atoms with Crippen molar-refractivity contribution in [3.63, 3.8) is 0 Å². The molecule has 0 unspecified atom stereocenters. The Morgan fingerprint density at radius 3 is 2.70 bits per heavy atom. The molecule has 20 heavy (non-hydrogen) atoms. The number of fused-ring (bicyclic) bond motifs is 1. The lowest BCUT2D eigenvalue weighted by Crippen LogP contribution is -2.55. The lowest BCUT2D eigenvalue weighted by Gasteiger charge is -2.43. The number of aliphatic hydroxyl groups excluding tert-OH is 1. The minimum atomic E-state index is -0.112. The van der Waals surface area contributed by atoms with E-state index in [-0.39, 0.29) is 6.10 Å². The summed E-state index contributed by atoms with van der Waals surface area (Å²) >= 11 is 0. The smallest absolute Gasteiger partial charge is 0.0682 e. The Bertz CT molecular complexity index is 436. The van der Waals surface area contributed by atoms with E-state index in [4.69, 9.17) is 0 Å². The number of hydrogen-bond donors (Lipinski definition) is 1. The van der Waals surface area contributed by atoms with Crippen molar-refractivity contribution in [2.24, 2.45) is 0 Å². The molecule has 3 rings (SSSR count). The van der Waals surface area contributed by atoms with Crippen LogP contribution in [0.5, 0.6) is 0 Å². The highest BCUT2D eigenvalue weighted by Crippen LogP contribution is 2.27. The molecule has 0 aromatic heterocycles. The van der Waals surface area contributed by atoms with Gasteiger partial charge in [0.05, 0.1) is 6.10 Å². The molecule has 2 saturated heterocycles. The third-order valence-corrected chi connectivity index (χ3v) is 4.95. The molecule has 0 radical (unpaired) electrons. The average Bonchev–Trinajstić information content (AvgIpc) is 2.79. The Hall–Kier alpha value is -0.900. The molecular formula is C17H26N2O. The van der Waals surface area contributed by atoms with Gasteiger partial charge in [-0.3, -0.25) is 9.80 Å². The number of benzene rings is 1. The van der Waals surface area contributed by atoms with E-state index >= 15 is 0 Å². The monoisotopic (exact) mass is 274 g/mol. The molecule has 0 bridgehead atoms. The number of rotatable bonds is 3. The van der Waals surface area contributed by atoms with Crippen LogP contribution in [0.1, 0.15) is 31.7 Å². The second kappa shape index (κ2) is 5.84. The Labute approximate surface area is 122 Å². The summed E-state index contributed by atoms with van der Waals surface area (Å²) in [5.74, 6) is 0.566. The van der Waals surface area contributed by atoms with Crippen LogP contribution in [-0.4, -0.2) is 59.3 Å². The predicted octanol–water partition coefficient (Wildman–Crippen LogP) is 1.93. The summed E-state index contributed by atoms with van der Waals surface area (Å²) in [6.07, 6.45) is 0.835. The van der Waals surface area contributed by atoms with Crippen molar-refractivity contribution in [1.29, 1.82) is 0 Å². The summed E-state index contributed by atoms with van der Waals surface area (Å²) in [4.78, 5) is 5.08. The van der Waals surface area contributed by atoms with Crippen LogP contribution >= 0.6 is 0 Å². The van der Waals surface area contributed by atoms with E-state index in [1.807, 2.05) is 0 Å². The Morgan fingerprint density at radius 1 is 1.20 bits per heavy atom. The van der Waals surface area contributed by atoms with Crippen molar-refractivity contribution in [2.45, 2.75) is 44.4 Å². The maximum absolute atomic E-state index is 9.83. The van der Waals surface area contributed by atoms with Crippen molar-refractivity contribution in [1.82, 2.24) is 9.80 Å². The fraction of sp³-hybridized carbons (Fsp3) is 0.647. The van der Waals surface area contributed by atoms with E-state index in [2.05, 4.69) is 54.0 Å². The van der Waals surface area contributed by atoms with Crippen molar-refractivity contribution < 1.29 is 5.11 Å². The molecule has 2 fully saturated rings. The number of aliphatic hydroxyl groups is 1. The molecule has 0 amide bonds. The zero-order chi connectivity index (χ0) is 14.1. The van der Waals surface area contributed by atoms with Gasteiger partial charge in [0.25, 0.3) is 0 Å². The Morgan fingerprint density at radius 2 is 1.95 bits per heavy atom. The quantitative estimate of drug-likeness (QED) is 0.912. The van der Waals surface area contributed by atoms with Crippen LogP contribution in [0.15, 0.2) is 30.3 Å². The van der Waals surface area contributed by atoms with Crippen LogP contribution < -0.4 is 0 Å². The maximum atomic E-state index is 9.83. The third kappa shape index (κ3) is 2.90. The topological polar surface area (TPSA) is 26.7 Å². The molecule has 110 valence electrons. The van der Waals surface area contributed by atoms with Crippen LogP contribution in [0.4, 0.5) is 0 Å². The van der Waals surface area contributed by atoms with Crippen molar-refractivity contribution in [3.8, 4) is 0 Å². The summed E-state index contributed by atoms with van der Waals surface area (Å²) in [6.45, 7) is 8.83. The second-order valence-electron chi connectivity index (χ2n) is 6.61. The molecule has 4 atom stereocenters. The minimum absolute atomic E-state index is 0.112. The number of nitrogens with zero attached hydrogens (tertiary/aromatic N) is 2. The maximum Gasteiger partial charge on any atom is 0.0682 e. The van der Waals surface area contributed by atoms with Gasteiger partial charge in [-0.25, -0.2) is 0 Å². The minimum Gasteiger partial charge on any atom is -0.392 e. The molecule has 1 N–H and O–H groups in total. The fourth-order valence-corrected chi connectivity index (χ4v) is 3.77. The van der Waals surface area contributed by atoms with Crippen LogP contribution in [0, 0.1) is 0 Å². The summed E-state index contributed by atoms with van der Waals surface area (Å²) in [5.41, 5.74) is 1.42. The lowest BCUT2D eigenvalue weighted by molar-refractivity contribution is 0.0549. The van der Waals surface area contributed by atoms with Crippen molar-refractivity contribution >= 4 is 0 Å². The van der Waals surface area contributed by atoms with Gasteiger partial charge in [-0.05, 0) is 24.8 Å². The molecule has 0 spiro atoms. The molecular weight excluding hydrogens is 248 g/mol. The van der Waals surface area contributed by atoms with Crippen molar-refractivity contribution in [2.75, 3.05) is 26.2 Å². The molecule has 2 heterocycles. The standard InChI is InChI=1S/C17H26N2O/c1-13(15-6-4-3-5-7-15)9-18-11-16-8-17(20)12-19(16)10-14(18)2/h3-7,13-14,16-17,20H,8-12H2,1-2H3/t13-,14-,16-,17-/m1/s1. The zero-order valence-corrected chi connectivity index (χ0v) is 12.6. The molecule has 0 aliphatic carbocycles. The predicted molar refractivity (Wildman–Crippen MR) is 81.9 cm³/mol. The van der Waals surface area contributed by atoms with Gasteiger partial charge < -0.3 is 5.11 Å². The first-order valence-corrected chi connectivity index (χ1v) is 7.84. The van der Waals surface area contributed by atoms with E-state index in [0.717, 1.165) is 32.6 Å². The van der Waals surface area contributed by atoms with Gasteiger partial charge in [0.2, 0.25) is 0 Å². The summed E-state index contributed by atoms with van der Waals surface area (Å²) in [6, 6.07) is 11.9. The van der Waals surface area contributed by atoms with Gasteiger partial charge >= 0.3 is 0 Å². The van der Waals surface area contributed by atoms with Crippen LogP contribution in [-0.2, 0) is 0 Å². The Balaban J connectivity index is 1.63. The largest absolute Gasteiger partial charge is 0.392 e. The van der Waals surface area contributed by atoms with Crippen LogP contribution in [0.3, 0.4) is 0 Å². The van der Waals surface area contributed by atoms with Crippen molar-refractivity contribution in [3.05, 3.63) is 35.9 Å². The molecule has 1 aromatic rings. The van der Waals surface area contributed by atoms with Crippen LogP contribution in [0.25, 0.3) is 0 Å². The highest BCUT2D eigenvalue weighted by atomic mass is 16.3. The van der Waals surface area contributed by atoms with Gasteiger partial charge in [0.15, 0.2) is 0 Å². The van der Waals surface area contributed by atoms with E-state index in [0.29, 0.717) is 18.0 Å². The van der Waals surface area contributed by atoms with Gasteiger partial charge in [-0.15, -0.1) is 0 Å². The molecule has 3 nitrogen and oxygen atoms in total. The highest BCUT2D eigenvalue weighted by molar-refractivity contribution is 5.19. The first-order chi connectivity index (χ1) is 9.63. The zero-order valence-electron chi connectivity index (χ0n) is 12.6. The van der Waals surface area contributed by atoms with E-state index < -0.39 is 0 Å². The summed E-state index contributed by atoms with van der Waals surface area (Å²) < 4.78 is 0.